The number of nitrogens with one attached hydrogen (secondary N) is 1. The Kier molecular flexibility index (Phi) is 5.81. The molecule has 1 saturated heterocycles. The first-order valence-electron chi connectivity index (χ1n) is 6.72. The highest BCUT2D eigenvalue weighted by molar-refractivity contribution is 5.82. The summed E-state index contributed by atoms with van der Waals surface area (Å²) in [6.07, 6.45) is 4.47. The van der Waals surface area contributed by atoms with Crippen molar-refractivity contribution in [3.63, 3.8) is 0 Å². The number of piperidine rings is 1. The van der Waals surface area contributed by atoms with Gasteiger partial charge in [0.05, 0.1) is 6.04 Å². The van der Waals surface area contributed by atoms with Crippen LogP contribution in [-0.4, -0.2) is 36.5 Å². The van der Waals surface area contributed by atoms with E-state index in [9.17, 15) is 4.79 Å². The van der Waals surface area contributed by atoms with Gasteiger partial charge in [-0.3, -0.25) is 4.79 Å². The van der Waals surface area contributed by atoms with Crippen LogP contribution in [-0.2, 0) is 4.79 Å². The lowest BCUT2D eigenvalue weighted by Crippen LogP contribution is -2.52. The highest BCUT2D eigenvalue weighted by Gasteiger charge is 2.30. The minimum Gasteiger partial charge on any atom is -0.341 e. The molecule has 16 heavy (non-hydrogen) atoms. The third-order valence-electron chi connectivity index (χ3n) is 3.33. The number of nitrogens with zero attached hydrogens (tertiary/aromatic N) is 1. The average Bonchev–Trinajstić information content (AvgIpc) is 2.28. The highest BCUT2D eigenvalue weighted by Crippen LogP contribution is 2.17. The maximum Gasteiger partial charge on any atom is 0.239 e. The zero-order valence-electron chi connectivity index (χ0n) is 11.0. The zero-order chi connectivity index (χ0) is 12.0. The van der Waals surface area contributed by atoms with Crippen molar-refractivity contribution in [3.05, 3.63) is 0 Å². The number of amides is 1. The molecule has 3 heteroatoms. The van der Waals surface area contributed by atoms with Crippen molar-refractivity contribution in [1.82, 2.24) is 10.2 Å². The first-order chi connectivity index (χ1) is 7.70. The Labute approximate surface area is 99.6 Å². The molecule has 0 radical (unpaired) electrons. The summed E-state index contributed by atoms with van der Waals surface area (Å²) < 4.78 is 0. The molecule has 1 heterocycles. The third-order valence-corrected chi connectivity index (χ3v) is 3.33. The molecule has 0 aromatic heterocycles. The lowest BCUT2D eigenvalue weighted by atomic mass is 9.91. The van der Waals surface area contributed by atoms with Crippen LogP contribution in [0.3, 0.4) is 0 Å². The molecule has 1 aliphatic heterocycles. The summed E-state index contributed by atoms with van der Waals surface area (Å²) >= 11 is 0. The van der Waals surface area contributed by atoms with E-state index in [1.165, 1.54) is 12.8 Å². The number of hydrogen-bond donors (Lipinski definition) is 1. The normalized spacial score (nSPS) is 25.4. The van der Waals surface area contributed by atoms with Crippen molar-refractivity contribution < 1.29 is 4.79 Å². The smallest absolute Gasteiger partial charge is 0.239 e. The number of rotatable bonds is 5. The van der Waals surface area contributed by atoms with Crippen molar-refractivity contribution in [2.75, 3.05) is 19.6 Å². The Hall–Kier alpha value is -0.570. The van der Waals surface area contributed by atoms with Crippen molar-refractivity contribution >= 4 is 5.91 Å². The quantitative estimate of drug-likeness (QED) is 0.778. The van der Waals surface area contributed by atoms with Crippen molar-refractivity contribution in [2.45, 2.75) is 52.5 Å². The molecule has 0 spiro atoms. The van der Waals surface area contributed by atoms with Crippen LogP contribution in [0, 0.1) is 5.92 Å². The van der Waals surface area contributed by atoms with Gasteiger partial charge >= 0.3 is 0 Å². The predicted molar refractivity (Wildman–Crippen MR) is 67.4 cm³/mol. The monoisotopic (exact) mass is 226 g/mol. The summed E-state index contributed by atoms with van der Waals surface area (Å²) in [5.74, 6) is 0.799. The van der Waals surface area contributed by atoms with Crippen molar-refractivity contribution in [1.29, 1.82) is 0 Å². The fourth-order valence-electron chi connectivity index (χ4n) is 2.45. The molecule has 0 saturated carbocycles. The summed E-state index contributed by atoms with van der Waals surface area (Å²) in [4.78, 5) is 14.4. The zero-order valence-corrected chi connectivity index (χ0v) is 11.0. The summed E-state index contributed by atoms with van der Waals surface area (Å²) in [6, 6.07) is 0.0619. The molecule has 1 aliphatic rings. The molecule has 2 unspecified atom stereocenters. The molecule has 0 aliphatic carbocycles. The Morgan fingerprint density at radius 1 is 1.31 bits per heavy atom. The van der Waals surface area contributed by atoms with Gasteiger partial charge in [0.1, 0.15) is 0 Å². The highest BCUT2D eigenvalue weighted by atomic mass is 16.2. The molecule has 94 valence electrons. The molecule has 1 fully saturated rings. The van der Waals surface area contributed by atoms with E-state index in [4.69, 9.17) is 0 Å². The van der Waals surface area contributed by atoms with Gasteiger partial charge in [0, 0.05) is 13.1 Å². The topological polar surface area (TPSA) is 32.3 Å². The van der Waals surface area contributed by atoms with E-state index >= 15 is 0 Å². The molecule has 0 aromatic carbocycles. The van der Waals surface area contributed by atoms with Crippen LogP contribution in [0.15, 0.2) is 0 Å². The second-order valence-electron chi connectivity index (χ2n) is 4.88. The molecule has 1 N–H and O–H groups in total. The Balaban J connectivity index is 2.57. The van der Waals surface area contributed by atoms with Gasteiger partial charge in [-0.1, -0.05) is 20.8 Å². The maximum absolute atomic E-state index is 12.4. The van der Waals surface area contributed by atoms with Crippen LogP contribution in [0.4, 0.5) is 0 Å². The fourth-order valence-corrected chi connectivity index (χ4v) is 2.45. The number of carbonyl (C=O) groups is 1. The van der Waals surface area contributed by atoms with E-state index in [0.717, 1.165) is 32.5 Å². The molecule has 0 bridgehead atoms. The van der Waals surface area contributed by atoms with Gasteiger partial charge in [-0.25, -0.2) is 0 Å². The third kappa shape index (κ3) is 3.48. The SMILES string of the molecule is CCCN(CCC)C(=O)C1NCCCC1C. The van der Waals surface area contributed by atoms with Crippen molar-refractivity contribution in [3.8, 4) is 0 Å². The molecule has 2 atom stereocenters. The molecule has 3 nitrogen and oxygen atoms in total. The molecule has 1 amide bonds. The number of carbonyl (C=O) groups excluding carboxylic acids is 1. The van der Waals surface area contributed by atoms with Gasteiger partial charge in [-0.05, 0) is 38.1 Å². The molecular weight excluding hydrogens is 200 g/mol. The predicted octanol–water partition coefficient (Wildman–Crippen LogP) is 2.02. The minimum atomic E-state index is 0.0619. The summed E-state index contributed by atoms with van der Waals surface area (Å²) in [7, 11) is 0. The van der Waals surface area contributed by atoms with E-state index < -0.39 is 0 Å². The second kappa shape index (κ2) is 6.89. The average molecular weight is 226 g/mol. The molecule has 0 aromatic rings. The van der Waals surface area contributed by atoms with E-state index in [2.05, 4.69) is 26.1 Å². The molecular formula is C13H26N2O. The summed E-state index contributed by atoms with van der Waals surface area (Å²) in [5, 5.41) is 3.37. The van der Waals surface area contributed by atoms with Gasteiger partial charge < -0.3 is 10.2 Å². The largest absolute Gasteiger partial charge is 0.341 e. The minimum absolute atomic E-state index is 0.0619. The maximum atomic E-state index is 12.4. The first-order valence-corrected chi connectivity index (χ1v) is 6.72. The van der Waals surface area contributed by atoms with Crippen LogP contribution in [0.1, 0.15) is 46.5 Å². The van der Waals surface area contributed by atoms with Crippen LogP contribution in [0.2, 0.25) is 0 Å². The van der Waals surface area contributed by atoms with Gasteiger partial charge in [0.25, 0.3) is 0 Å². The van der Waals surface area contributed by atoms with Gasteiger partial charge in [-0.2, -0.15) is 0 Å². The van der Waals surface area contributed by atoms with Crippen LogP contribution < -0.4 is 5.32 Å². The van der Waals surface area contributed by atoms with E-state index in [-0.39, 0.29) is 6.04 Å². The second-order valence-corrected chi connectivity index (χ2v) is 4.88. The van der Waals surface area contributed by atoms with Crippen molar-refractivity contribution in [2.24, 2.45) is 5.92 Å². The van der Waals surface area contributed by atoms with E-state index in [0.29, 0.717) is 11.8 Å². The van der Waals surface area contributed by atoms with Crippen LogP contribution >= 0.6 is 0 Å². The molecule has 1 rings (SSSR count). The Bertz CT molecular complexity index is 212. The Morgan fingerprint density at radius 3 is 2.44 bits per heavy atom. The van der Waals surface area contributed by atoms with Crippen LogP contribution in [0.5, 0.6) is 0 Å². The fraction of sp³-hybridized carbons (Fsp3) is 0.923. The summed E-state index contributed by atoms with van der Waals surface area (Å²) in [6.45, 7) is 9.24. The van der Waals surface area contributed by atoms with Gasteiger partial charge in [-0.15, -0.1) is 0 Å². The van der Waals surface area contributed by atoms with Gasteiger partial charge in [0.2, 0.25) is 5.91 Å². The lowest BCUT2D eigenvalue weighted by molar-refractivity contribution is -0.135. The summed E-state index contributed by atoms with van der Waals surface area (Å²) in [5.41, 5.74) is 0. The number of hydrogen-bond acceptors (Lipinski definition) is 2. The Morgan fingerprint density at radius 2 is 1.94 bits per heavy atom. The van der Waals surface area contributed by atoms with E-state index in [1.54, 1.807) is 0 Å². The van der Waals surface area contributed by atoms with E-state index in [1.807, 2.05) is 4.90 Å². The van der Waals surface area contributed by atoms with Crippen LogP contribution in [0.25, 0.3) is 0 Å². The standard InChI is InChI=1S/C13H26N2O/c1-4-9-15(10-5-2)13(16)12-11(3)7-6-8-14-12/h11-12,14H,4-10H2,1-3H3. The lowest BCUT2D eigenvalue weighted by Gasteiger charge is -2.33. The first kappa shape index (κ1) is 13.5. The van der Waals surface area contributed by atoms with Gasteiger partial charge in [0.15, 0.2) is 0 Å².